The van der Waals surface area contributed by atoms with Gasteiger partial charge < -0.3 is 44.1 Å². The highest BCUT2D eigenvalue weighted by Gasteiger charge is 2.53. The number of nitrogens with zero attached hydrogens (tertiary/aromatic N) is 7. The molecule has 2 aliphatic rings. The van der Waals surface area contributed by atoms with E-state index in [9.17, 15) is 37.5 Å². The lowest BCUT2D eigenvalue weighted by Crippen LogP contribution is -2.67. The van der Waals surface area contributed by atoms with E-state index in [1.807, 2.05) is 30.6 Å². The Morgan fingerprint density at radius 2 is 1.69 bits per heavy atom. The third kappa shape index (κ3) is 11.6. The number of piperidine rings is 1. The van der Waals surface area contributed by atoms with Gasteiger partial charge in [-0.25, -0.2) is 4.98 Å². The number of halogens is 5. The van der Waals surface area contributed by atoms with Gasteiger partial charge in [-0.3, -0.25) is 24.2 Å². The number of methoxy groups -OCH3 is 1. The van der Waals surface area contributed by atoms with Crippen LogP contribution in [0.2, 0.25) is 10.0 Å². The number of aromatic nitrogens is 3. The van der Waals surface area contributed by atoms with Crippen molar-refractivity contribution >= 4 is 46.8 Å². The number of amides is 4. The number of pyridine rings is 1. The minimum Gasteiger partial charge on any atom is -0.455 e. The molecule has 4 amide bonds. The number of hydrogen-bond donors (Lipinski definition) is 2. The summed E-state index contributed by atoms with van der Waals surface area (Å²) in [5.41, 5.74) is -2.20. The van der Waals surface area contributed by atoms with Crippen LogP contribution in [0.4, 0.5) is 13.2 Å². The minimum absolute atomic E-state index is 0.0587. The summed E-state index contributed by atoms with van der Waals surface area (Å²) in [6, 6.07) is 11.9. The van der Waals surface area contributed by atoms with Crippen LogP contribution in [-0.2, 0) is 50.5 Å². The first-order valence-corrected chi connectivity index (χ1v) is 21.6. The molecule has 350 valence electrons. The summed E-state index contributed by atoms with van der Waals surface area (Å²) >= 11 is 12.6. The van der Waals surface area contributed by atoms with E-state index in [2.05, 4.69) is 15.3 Å². The molecule has 0 spiro atoms. The molecule has 0 unspecified atom stereocenters. The van der Waals surface area contributed by atoms with Gasteiger partial charge in [0.05, 0.1) is 61.9 Å². The summed E-state index contributed by atoms with van der Waals surface area (Å²) in [6.45, 7) is 0.837. The highest BCUT2D eigenvalue weighted by atomic mass is 35.5. The largest absolute Gasteiger partial charge is 0.455 e. The number of nitrogens with one attached hydrogen (secondary N) is 1. The molecule has 2 aromatic heterocycles. The zero-order valence-electron chi connectivity index (χ0n) is 37.0. The average Bonchev–Trinajstić information content (AvgIpc) is 3.60. The number of benzene rings is 2. The number of ether oxygens (including phenoxy) is 2. The molecule has 4 aromatic rings. The van der Waals surface area contributed by atoms with Crippen molar-refractivity contribution in [1.82, 2.24) is 39.5 Å². The Morgan fingerprint density at radius 1 is 0.985 bits per heavy atom. The summed E-state index contributed by atoms with van der Waals surface area (Å²) in [7, 11) is 8.60. The first-order valence-electron chi connectivity index (χ1n) is 20.9. The molecule has 2 N–H and O–H groups in total. The van der Waals surface area contributed by atoms with Crippen LogP contribution in [0, 0.1) is 0 Å². The Balaban J connectivity index is 1.37. The zero-order valence-corrected chi connectivity index (χ0v) is 38.5. The molecule has 4 atom stereocenters. The van der Waals surface area contributed by atoms with Gasteiger partial charge in [0.2, 0.25) is 17.7 Å². The second-order valence-corrected chi connectivity index (χ2v) is 17.9. The number of likely N-dealkylation sites (N-methyl/N-ethyl adjacent to an activating group) is 1. The predicted molar refractivity (Wildman–Crippen MR) is 236 cm³/mol. The Kier molecular flexibility index (Phi) is 15.2. The SMILES string of the molecule is COC[C@@H]1NC(=O)[C@H](C)N(Cc2ccc(Cl)cc2Oc2ccc(-c3cnc(CN(C)C)n3C)nc2)C(=O)C[C@](O)(CC(F)(F)F)C(=O)N2CCC[C@@](Cc3ccc(Cl)cc3)(C2)N(C)C1=O. The van der Waals surface area contributed by atoms with Crippen LogP contribution >= 0.6 is 23.2 Å². The van der Waals surface area contributed by atoms with E-state index >= 15 is 0 Å². The van der Waals surface area contributed by atoms with Crippen molar-refractivity contribution < 1.29 is 46.9 Å². The normalized spacial score (nSPS) is 22.6. The minimum atomic E-state index is -5.10. The number of aliphatic hydroxyl groups is 1. The molecule has 2 fully saturated rings. The van der Waals surface area contributed by atoms with Gasteiger partial charge >= 0.3 is 6.18 Å². The number of alkyl halides is 3. The van der Waals surface area contributed by atoms with Crippen LogP contribution in [0.15, 0.2) is 67.0 Å². The highest BCUT2D eigenvalue weighted by molar-refractivity contribution is 6.31. The van der Waals surface area contributed by atoms with Crippen LogP contribution in [0.25, 0.3) is 11.4 Å². The van der Waals surface area contributed by atoms with Gasteiger partial charge in [-0.1, -0.05) is 41.4 Å². The van der Waals surface area contributed by atoms with Crippen LogP contribution in [-0.4, -0.2) is 140 Å². The topological polar surface area (TPSA) is 163 Å². The second kappa shape index (κ2) is 20.1. The molecule has 2 aromatic carbocycles. The van der Waals surface area contributed by atoms with Crippen molar-refractivity contribution in [3.63, 3.8) is 0 Å². The third-order valence-electron chi connectivity index (χ3n) is 11.9. The van der Waals surface area contributed by atoms with Gasteiger partial charge in [-0.05, 0) is 82.2 Å². The van der Waals surface area contributed by atoms with Crippen molar-refractivity contribution in [1.29, 1.82) is 0 Å². The van der Waals surface area contributed by atoms with Crippen LogP contribution in [0.1, 0.15) is 49.6 Å². The molecule has 2 saturated heterocycles. The number of hydrogen-bond acceptors (Lipinski definition) is 10. The molecule has 0 radical (unpaired) electrons. The Bertz CT molecular complexity index is 2370. The fraction of sp³-hybridized carbons (Fsp3) is 0.467. The summed E-state index contributed by atoms with van der Waals surface area (Å²) in [6.07, 6.45) is -4.63. The van der Waals surface area contributed by atoms with E-state index in [1.54, 1.807) is 42.6 Å². The van der Waals surface area contributed by atoms with E-state index in [1.165, 1.54) is 50.4 Å². The molecular weight excluding hydrogens is 892 g/mol. The van der Waals surface area contributed by atoms with Crippen molar-refractivity contribution in [2.45, 2.75) is 81.5 Å². The molecule has 6 rings (SSSR count). The number of carbonyl (C=O) groups is 4. The average molecular weight is 946 g/mol. The standard InChI is InChI=1S/C45H53Cl2F3N8O7/c1-28-40(60)53-35(25-64-6)41(61)56(5)43(19-29-8-11-31(46)12-9-29)16-7-17-57(27-43)42(62)44(63,26-45(48,49)50)20-39(59)58(28)23-30-10-13-32(47)18-37(30)65-33-14-15-34(51-21-33)36-22-52-38(55(36)4)24-54(2)3/h8-15,18,21-22,28,35,63H,7,16-17,19-20,23-27H2,1-6H3,(H,53,60)/t28-,35-,43+,44-/m0/s1. The molecule has 0 aliphatic carbocycles. The van der Waals surface area contributed by atoms with E-state index in [0.29, 0.717) is 29.2 Å². The van der Waals surface area contributed by atoms with Crippen molar-refractivity contribution in [2.24, 2.45) is 7.05 Å². The number of rotatable bonds is 12. The van der Waals surface area contributed by atoms with E-state index in [4.69, 9.17) is 32.7 Å². The maximum atomic E-state index is 14.6. The highest BCUT2D eigenvalue weighted by Crippen LogP contribution is 2.38. The van der Waals surface area contributed by atoms with Crippen LogP contribution < -0.4 is 10.1 Å². The maximum absolute atomic E-state index is 14.6. The summed E-state index contributed by atoms with van der Waals surface area (Å²) in [5, 5.41) is 15.4. The lowest BCUT2D eigenvalue weighted by molar-refractivity contribution is -0.195. The van der Waals surface area contributed by atoms with Crippen LogP contribution in [0.3, 0.4) is 0 Å². The first kappa shape index (κ1) is 49.2. The first-order chi connectivity index (χ1) is 30.6. The fourth-order valence-corrected chi connectivity index (χ4v) is 8.74. The van der Waals surface area contributed by atoms with Crippen molar-refractivity contribution in [3.8, 4) is 22.9 Å². The summed E-state index contributed by atoms with van der Waals surface area (Å²) in [5.74, 6) is -2.76. The Morgan fingerprint density at radius 3 is 2.34 bits per heavy atom. The lowest BCUT2D eigenvalue weighted by Gasteiger charge is -2.50. The number of fused-ring (bicyclic) bond motifs is 2. The molecular formula is C45H53Cl2F3N8O7. The second-order valence-electron chi connectivity index (χ2n) is 17.1. The van der Waals surface area contributed by atoms with Crippen LogP contribution in [0.5, 0.6) is 11.5 Å². The molecule has 15 nitrogen and oxygen atoms in total. The predicted octanol–water partition coefficient (Wildman–Crippen LogP) is 5.64. The maximum Gasteiger partial charge on any atom is 0.392 e. The van der Waals surface area contributed by atoms with Gasteiger partial charge in [-0.15, -0.1) is 0 Å². The zero-order chi connectivity index (χ0) is 47.4. The van der Waals surface area contributed by atoms with E-state index < -0.39 is 72.4 Å². The fourth-order valence-electron chi connectivity index (χ4n) is 8.45. The number of carbonyl (C=O) groups excluding carboxylic acids is 4. The van der Waals surface area contributed by atoms with E-state index in [0.717, 1.165) is 21.3 Å². The van der Waals surface area contributed by atoms with Gasteiger partial charge in [0.25, 0.3) is 5.91 Å². The van der Waals surface area contributed by atoms with Gasteiger partial charge in [0.15, 0.2) is 5.60 Å². The Hall–Kier alpha value is -5.27. The molecule has 65 heavy (non-hydrogen) atoms. The summed E-state index contributed by atoms with van der Waals surface area (Å²) in [4.78, 5) is 72.3. The molecule has 0 saturated carbocycles. The molecule has 4 heterocycles. The van der Waals surface area contributed by atoms with Gasteiger partial charge in [0, 0.05) is 49.9 Å². The monoisotopic (exact) mass is 944 g/mol. The lowest BCUT2D eigenvalue weighted by atomic mass is 9.80. The third-order valence-corrected chi connectivity index (χ3v) is 12.4. The summed E-state index contributed by atoms with van der Waals surface area (Å²) < 4.78 is 56.9. The quantitative estimate of drug-likeness (QED) is 0.182. The van der Waals surface area contributed by atoms with E-state index in [-0.39, 0.29) is 54.6 Å². The van der Waals surface area contributed by atoms with Crippen molar-refractivity contribution in [3.05, 3.63) is 94.0 Å². The molecule has 20 heteroatoms. The molecule has 2 aliphatic heterocycles. The molecule has 2 bridgehead atoms. The number of imidazole rings is 1. The van der Waals surface area contributed by atoms with Gasteiger partial charge in [-0.2, -0.15) is 13.2 Å². The Labute approximate surface area is 385 Å². The smallest absolute Gasteiger partial charge is 0.392 e. The van der Waals surface area contributed by atoms with Crippen molar-refractivity contribution in [2.75, 3.05) is 47.9 Å². The van der Waals surface area contributed by atoms with Gasteiger partial charge in [0.1, 0.15) is 29.4 Å².